The smallest absolute Gasteiger partial charge is 0.274 e. The lowest BCUT2D eigenvalue weighted by Gasteiger charge is -2.36. The Balaban J connectivity index is 0.00000561. The number of anilines is 1. The Labute approximate surface area is 324 Å². The van der Waals surface area contributed by atoms with Crippen LogP contribution in [0, 0.1) is 6.92 Å². The molecule has 0 saturated heterocycles. The Kier molecular flexibility index (Phi) is 13.8. The number of benzene rings is 4. The molecule has 2 amide bonds. The summed E-state index contributed by atoms with van der Waals surface area (Å²) in [6.07, 6.45) is 4.28. The lowest BCUT2D eigenvalue weighted by atomic mass is 9.93. The molecule has 4 N–H and O–H groups in total. The summed E-state index contributed by atoms with van der Waals surface area (Å²) >= 11 is 6.06. The standard InChI is InChI=1S/C42H46ClN5O4S.H2O/c1-4-6-22-46(23-7-5-2)42(51)39-24-29(3)48(44-39)40-21-18-35(45-53(52)37-19-14-31(15-20-37)30-12-16-34(43)17-13-30)26-38(40)41(50)47-27-33-11-9-8-10-32(33)25-36(47)28-49;/h8-21,24,26,36,45,49H,4-7,22-23,25,27-28H2,1-3H3;1H2/t36-,53?;/m0./s1. The number of nitrogens with zero attached hydrogens (tertiary/aromatic N) is 4. The van der Waals surface area contributed by atoms with Crippen molar-refractivity contribution in [2.75, 3.05) is 24.4 Å². The largest absolute Gasteiger partial charge is 0.412 e. The van der Waals surface area contributed by atoms with Crippen molar-refractivity contribution in [1.29, 1.82) is 0 Å². The molecule has 2 atom stereocenters. The van der Waals surface area contributed by atoms with E-state index in [2.05, 4.69) is 18.6 Å². The quantitative estimate of drug-likeness (QED) is 0.121. The van der Waals surface area contributed by atoms with Gasteiger partial charge in [-0.1, -0.05) is 86.8 Å². The monoisotopic (exact) mass is 769 g/mol. The van der Waals surface area contributed by atoms with Crippen molar-refractivity contribution < 1.29 is 24.4 Å². The van der Waals surface area contributed by atoms with Crippen LogP contribution in [0.3, 0.4) is 0 Å². The van der Waals surface area contributed by atoms with Gasteiger partial charge in [-0.25, -0.2) is 8.89 Å². The van der Waals surface area contributed by atoms with Crippen molar-refractivity contribution in [3.05, 3.63) is 130 Å². The van der Waals surface area contributed by atoms with Crippen LogP contribution in [0.4, 0.5) is 5.69 Å². The maximum Gasteiger partial charge on any atom is 0.274 e. The van der Waals surface area contributed by atoms with Crippen LogP contribution in [-0.2, 0) is 24.0 Å². The van der Waals surface area contributed by atoms with Crippen molar-refractivity contribution in [2.24, 2.45) is 0 Å². The van der Waals surface area contributed by atoms with Gasteiger partial charge in [0.2, 0.25) is 0 Å². The number of fused-ring (bicyclic) bond motifs is 1. The first-order valence-electron chi connectivity index (χ1n) is 18.2. The molecule has 10 nitrogen and oxygen atoms in total. The zero-order valence-electron chi connectivity index (χ0n) is 30.9. The van der Waals surface area contributed by atoms with Crippen LogP contribution in [0.2, 0.25) is 5.02 Å². The van der Waals surface area contributed by atoms with E-state index in [0.717, 1.165) is 47.9 Å². The topological polar surface area (TPSA) is 139 Å². The number of hydrogen-bond acceptors (Lipinski definition) is 5. The first-order valence-corrected chi connectivity index (χ1v) is 19.8. The number of halogens is 1. The van der Waals surface area contributed by atoms with Gasteiger partial charge in [-0.3, -0.25) is 9.59 Å². The Morgan fingerprint density at radius 2 is 1.54 bits per heavy atom. The third kappa shape index (κ3) is 9.10. The Bertz CT molecular complexity index is 2080. The number of aryl methyl sites for hydroxylation is 1. The zero-order valence-corrected chi connectivity index (χ0v) is 32.5. The molecule has 6 rings (SSSR count). The van der Waals surface area contributed by atoms with Crippen molar-refractivity contribution >= 4 is 40.1 Å². The van der Waals surface area contributed by atoms with E-state index in [0.29, 0.717) is 64.3 Å². The van der Waals surface area contributed by atoms with Crippen LogP contribution in [-0.4, -0.2) is 71.9 Å². The molecule has 0 saturated carbocycles. The first kappa shape index (κ1) is 40.4. The third-order valence-corrected chi connectivity index (χ3v) is 11.1. The van der Waals surface area contributed by atoms with Crippen molar-refractivity contribution in [3.8, 4) is 16.8 Å². The molecule has 1 aliphatic rings. The molecule has 284 valence electrons. The average molecular weight is 770 g/mol. The normalized spacial score (nSPS) is 14.2. The highest BCUT2D eigenvalue weighted by molar-refractivity contribution is 7.86. The fraction of sp³-hybridized carbons (Fsp3) is 0.310. The highest BCUT2D eigenvalue weighted by Crippen LogP contribution is 2.30. The van der Waals surface area contributed by atoms with Crippen molar-refractivity contribution in [1.82, 2.24) is 19.6 Å². The minimum absolute atomic E-state index is 0. The summed E-state index contributed by atoms with van der Waals surface area (Å²) < 4.78 is 18.3. The summed E-state index contributed by atoms with van der Waals surface area (Å²) in [5.41, 5.74) is 6.36. The number of carbonyl (C=O) groups excluding carboxylic acids is 2. The molecule has 4 aromatic carbocycles. The maximum absolute atomic E-state index is 14.7. The molecule has 1 unspecified atom stereocenters. The zero-order chi connectivity index (χ0) is 37.5. The summed E-state index contributed by atoms with van der Waals surface area (Å²) in [4.78, 5) is 32.5. The number of aromatic nitrogens is 2. The molecular formula is C42H48ClN5O5S. The lowest BCUT2D eigenvalue weighted by Crippen LogP contribution is -2.46. The molecule has 54 heavy (non-hydrogen) atoms. The molecule has 0 fully saturated rings. The van der Waals surface area contributed by atoms with Gasteiger partial charge in [-0.15, -0.1) is 0 Å². The second-order valence-electron chi connectivity index (χ2n) is 13.5. The minimum atomic E-state index is -1.64. The number of unbranched alkanes of at least 4 members (excludes halogenated alkanes) is 2. The second kappa shape index (κ2) is 18.5. The molecule has 0 bridgehead atoms. The number of carbonyl (C=O) groups is 2. The van der Waals surface area contributed by atoms with Crippen molar-refractivity contribution in [3.63, 3.8) is 0 Å². The average Bonchev–Trinajstić information content (AvgIpc) is 3.58. The fourth-order valence-electron chi connectivity index (χ4n) is 6.68. The van der Waals surface area contributed by atoms with Gasteiger partial charge in [0.1, 0.15) is 11.0 Å². The highest BCUT2D eigenvalue weighted by Gasteiger charge is 2.32. The molecule has 0 radical (unpaired) electrons. The van der Waals surface area contributed by atoms with Gasteiger partial charge in [-0.2, -0.15) is 5.10 Å². The van der Waals surface area contributed by atoms with E-state index in [4.69, 9.17) is 16.7 Å². The first-order chi connectivity index (χ1) is 25.7. The number of hydrogen-bond donors (Lipinski definition) is 2. The van der Waals surface area contributed by atoms with E-state index >= 15 is 0 Å². The fourth-order valence-corrected chi connectivity index (χ4v) is 7.64. The summed E-state index contributed by atoms with van der Waals surface area (Å²) in [6.45, 7) is 7.52. The van der Waals surface area contributed by atoms with E-state index < -0.39 is 17.0 Å². The second-order valence-corrected chi connectivity index (χ2v) is 15.1. The summed E-state index contributed by atoms with van der Waals surface area (Å²) in [6, 6.07) is 29.5. The number of aliphatic hydroxyl groups excluding tert-OH is 1. The Morgan fingerprint density at radius 3 is 2.17 bits per heavy atom. The van der Waals surface area contributed by atoms with Gasteiger partial charge in [0.25, 0.3) is 11.8 Å². The predicted octanol–water partition coefficient (Wildman–Crippen LogP) is 7.41. The van der Waals surface area contributed by atoms with Crippen LogP contribution < -0.4 is 4.72 Å². The van der Waals surface area contributed by atoms with Gasteiger partial charge >= 0.3 is 0 Å². The number of nitrogens with one attached hydrogen (secondary N) is 1. The van der Waals surface area contributed by atoms with Gasteiger partial charge in [-0.05, 0) is 97.0 Å². The van der Waals surface area contributed by atoms with Crippen LogP contribution in [0.5, 0.6) is 0 Å². The van der Waals surface area contributed by atoms with Crippen LogP contribution in [0.1, 0.15) is 77.2 Å². The summed E-state index contributed by atoms with van der Waals surface area (Å²) in [5.74, 6) is -0.434. The van der Waals surface area contributed by atoms with E-state index in [1.54, 1.807) is 46.0 Å². The number of rotatable bonds is 14. The maximum atomic E-state index is 14.7. The Morgan fingerprint density at radius 1 is 0.907 bits per heavy atom. The van der Waals surface area contributed by atoms with E-state index in [1.165, 1.54) is 0 Å². The van der Waals surface area contributed by atoms with Crippen LogP contribution in [0.25, 0.3) is 16.8 Å². The molecule has 2 heterocycles. The van der Waals surface area contributed by atoms with Crippen LogP contribution >= 0.6 is 11.6 Å². The molecule has 1 aliphatic heterocycles. The third-order valence-electron chi connectivity index (χ3n) is 9.70. The highest BCUT2D eigenvalue weighted by atomic mass is 35.5. The van der Waals surface area contributed by atoms with Gasteiger partial charge in [0.05, 0.1) is 28.8 Å². The van der Waals surface area contributed by atoms with Gasteiger partial charge < -0.3 is 25.1 Å². The van der Waals surface area contributed by atoms with Gasteiger partial charge in [0, 0.05) is 36.0 Å². The van der Waals surface area contributed by atoms with E-state index in [1.807, 2.05) is 72.5 Å². The predicted molar refractivity (Wildman–Crippen MR) is 215 cm³/mol. The molecule has 0 aliphatic carbocycles. The number of aliphatic hydroxyl groups is 1. The summed E-state index contributed by atoms with van der Waals surface area (Å²) in [7, 11) is -1.64. The SMILES string of the molecule is CCCCN(CCCC)C(=O)c1cc(C)n(-c2ccc(NS(=O)c3ccc(-c4ccc(Cl)cc4)cc3)cc2C(=O)N2Cc3ccccc3C[C@H]2CO)n1.O. The van der Waals surface area contributed by atoms with Crippen molar-refractivity contribution in [2.45, 2.75) is 70.4 Å². The molecular weight excluding hydrogens is 722 g/mol. The summed E-state index contributed by atoms with van der Waals surface area (Å²) in [5, 5.41) is 15.9. The Hall–Kier alpha value is -4.81. The number of amides is 2. The molecule has 12 heteroatoms. The molecule has 1 aromatic heterocycles. The molecule has 0 spiro atoms. The van der Waals surface area contributed by atoms with Gasteiger partial charge in [0.15, 0.2) is 5.69 Å². The van der Waals surface area contributed by atoms with Crippen LogP contribution in [0.15, 0.2) is 102 Å². The van der Waals surface area contributed by atoms with E-state index in [-0.39, 0.29) is 23.9 Å². The molecule has 5 aromatic rings. The minimum Gasteiger partial charge on any atom is -0.412 e. The lowest BCUT2D eigenvalue weighted by molar-refractivity contribution is 0.0544. The van der Waals surface area contributed by atoms with E-state index in [9.17, 15) is 18.9 Å².